The quantitative estimate of drug-likeness (QED) is 0.746. The summed E-state index contributed by atoms with van der Waals surface area (Å²) >= 11 is 0. The maximum absolute atomic E-state index is 14.0. The van der Waals surface area contributed by atoms with Gasteiger partial charge >= 0.3 is 0 Å². The largest absolute Gasteiger partial charge is 0.388 e. The zero-order chi connectivity index (χ0) is 21.7. The Kier molecular flexibility index (Phi) is 4.80. The number of morpholine rings is 1. The van der Waals surface area contributed by atoms with Crippen LogP contribution >= 0.6 is 0 Å². The number of aliphatic hydroxyl groups excluding tert-OH is 1. The van der Waals surface area contributed by atoms with Crippen LogP contribution < -0.4 is 15.1 Å². The van der Waals surface area contributed by atoms with E-state index in [0.29, 0.717) is 17.7 Å². The fraction of sp³-hybridized carbons (Fsp3) is 0.542. The van der Waals surface area contributed by atoms with E-state index >= 15 is 0 Å². The predicted octanol–water partition coefficient (Wildman–Crippen LogP) is 2.87. The first-order valence-electron chi connectivity index (χ1n) is 11.8. The zero-order valence-electron chi connectivity index (χ0n) is 18.2. The molecular weight excluding hydrogens is 406 g/mol. The average Bonchev–Trinajstić information content (AvgIpc) is 3.45. The lowest BCUT2D eigenvalue weighted by molar-refractivity contribution is -0.122. The molecule has 2 N–H and O–H groups in total. The lowest BCUT2D eigenvalue weighted by atomic mass is 9.80. The standard InChI is InChI=1S/C24H29N5O3/c30-15-19-26-21(25-16-3-4-16)20-22(27-19)29(23(31)24(20)9-1-2-10-24)18-7-5-17(6-8-18)28-11-13-32-14-12-28/h5-8,16,30H,1-4,9-15H2,(H,25,26,27). The second kappa shape index (κ2) is 7.71. The van der Waals surface area contributed by atoms with E-state index in [1.54, 1.807) is 4.90 Å². The average molecular weight is 436 g/mol. The van der Waals surface area contributed by atoms with Crippen LogP contribution in [-0.2, 0) is 21.6 Å². The highest BCUT2D eigenvalue weighted by molar-refractivity contribution is 6.13. The van der Waals surface area contributed by atoms with Gasteiger partial charge in [-0.25, -0.2) is 9.97 Å². The second-order valence-corrected chi connectivity index (χ2v) is 9.31. The Balaban J connectivity index is 1.43. The summed E-state index contributed by atoms with van der Waals surface area (Å²) in [4.78, 5) is 27.3. The van der Waals surface area contributed by atoms with Crippen molar-refractivity contribution >= 4 is 28.9 Å². The molecule has 2 aliphatic heterocycles. The summed E-state index contributed by atoms with van der Waals surface area (Å²) in [6, 6.07) is 8.57. The molecular formula is C24H29N5O3. The molecule has 8 nitrogen and oxygen atoms in total. The van der Waals surface area contributed by atoms with Gasteiger partial charge in [0.1, 0.15) is 18.2 Å². The van der Waals surface area contributed by atoms with E-state index in [9.17, 15) is 9.90 Å². The molecule has 1 saturated heterocycles. The fourth-order valence-electron chi connectivity index (χ4n) is 5.43. The number of rotatable bonds is 5. The van der Waals surface area contributed by atoms with E-state index < -0.39 is 5.41 Å². The summed E-state index contributed by atoms with van der Waals surface area (Å²) in [5, 5.41) is 13.4. The third kappa shape index (κ3) is 3.16. The van der Waals surface area contributed by atoms with Gasteiger partial charge in [-0.05, 0) is 49.9 Å². The van der Waals surface area contributed by atoms with Crippen LogP contribution in [0.5, 0.6) is 0 Å². The first kappa shape index (κ1) is 19.9. The highest BCUT2D eigenvalue weighted by Crippen LogP contribution is 2.55. The summed E-state index contributed by atoms with van der Waals surface area (Å²) in [6.07, 6.45) is 5.92. The Hall–Kier alpha value is -2.71. The van der Waals surface area contributed by atoms with Gasteiger partial charge in [0.15, 0.2) is 5.82 Å². The predicted molar refractivity (Wildman–Crippen MR) is 121 cm³/mol. The van der Waals surface area contributed by atoms with Gasteiger partial charge in [-0.2, -0.15) is 0 Å². The van der Waals surface area contributed by atoms with Crippen molar-refractivity contribution in [3.05, 3.63) is 35.7 Å². The maximum Gasteiger partial charge on any atom is 0.243 e. The number of ether oxygens (including phenoxy) is 1. The van der Waals surface area contributed by atoms with Crippen molar-refractivity contribution in [3.8, 4) is 0 Å². The van der Waals surface area contributed by atoms with Gasteiger partial charge in [0, 0.05) is 24.8 Å². The number of fused-ring (bicyclic) bond motifs is 2. The minimum atomic E-state index is -0.566. The first-order chi connectivity index (χ1) is 15.7. The van der Waals surface area contributed by atoms with Crippen LogP contribution in [0, 0.1) is 0 Å². The molecule has 2 saturated carbocycles. The molecule has 168 valence electrons. The van der Waals surface area contributed by atoms with Crippen LogP contribution in [0.25, 0.3) is 0 Å². The zero-order valence-corrected chi connectivity index (χ0v) is 18.2. The fourth-order valence-corrected chi connectivity index (χ4v) is 5.43. The number of hydrogen-bond donors (Lipinski definition) is 2. The van der Waals surface area contributed by atoms with E-state index in [-0.39, 0.29) is 12.5 Å². The van der Waals surface area contributed by atoms with Crippen molar-refractivity contribution in [1.29, 1.82) is 0 Å². The van der Waals surface area contributed by atoms with E-state index in [4.69, 9.17) is 4.74 Å². The number of benzene rings is 1. The number of nitrogens with one attached hydrogen (secondary N) is 1. The molecule has 32 heavy (non-hydrogen) atoms. The Morgan fingerprint density at radius 2 is 1.75 bits per heavy atom. The van der Waals surface area contributed by atoms with Gasteiger partial charge in [0.2, 0.25) is 5.91 Å². The van der Waals surface area contributed by atoms with Crippen LogP contribution in [-0.4, -0.2) is 53.3 Å². The van der Waals surface area contributed by atoms with Gasteiger partial charge < -0.3 is 20.1 Å². The normalized spacial score (nSPS) is 22.0. The Morgan fingerprint density at radius 1 is 1.06 bits per heavy atom. The summed E-state index contributed by atoms with van der Waals surface area (Å²) < 4.78 is 5.46. The highest BCUT2D eigenvalue weighted by Gasteiger charge is 2.55. The van der Waals surface area contributed by atoms with Crippen LogP contribution in [0.1, 0.15) is 49.9 Å². The van der Waals surface area contributed by atoms with Crippen molar-refractivity contribution in [1.82, 2.24) is 9.97 Å². The third-order valence-electron chi connectivity index (χ3n) is 7.24. The van der Waals surface area contributed by atoms with Crippen LogP contribution in [0.2, 0.25) is 0 Å². The lowest BCUT2D eigenvalue weighted by Crippen LogP contribution is -2.37. The molecule has 1 spiro atoms. The number of hydrogen-bond acceptors (Lipinski definition) is 7. The third-order valence-corrected chi connectivity index (χ3v) is 7.24. The van der Waals surface area contributed by atoms with Crippen molar-refractivity contribution in [2.24, 2.45) is 0 Å². The van der Waals surface area contributed by atoms with Crippen molar-refractivity contribution in [3.63, 3.8) is 0 Å². The molecule has 3 heterocycles. The number of anilines is 4. The Morgan fingerprint density at radius 3 is 2.41 bits per heavy atom. The first-order valence-corrected chi connectivity index (χ1v) is 11.8. The number of aromatic nitrogens is 2. The molecule has 2 aliphatic carbocycles. The molecule has 4 aliphatic rings. The van der Waals surface area contributed by atoms with Crippen molar-refractivity contribution < 1.29 is 14.6 Å². The minimum absolute atomic E-state index is 0.0901. The van der Waals surface area contributed by atoms with Gasteiger partial charge in [0.25, 0.3) is 0 Å². The molecule has 1 aromatic carbocycles. The number of aliphatic hydroxyl groups is 1. The smallest absolute Gasteiger partial charge is 0.243 e. The second-order valence-electron chi connectivity index (χ2n) is 9.31. The molecule has 0 unspecified atom stereocenters. The van der Waals surface area contributed by atoms with Crippen LogP contribution in [0.3, 0.4) is 0 Å². The summed E-state index contributed by atoms with van der Waals surface area (Å²) in [5.74, 6) is 1.82. The lowest BCUT2D eigenvalue weighted by Gasteiger charge is -2.29. The van der Waals surface area contributed by atoms with Gasteiger partial charge in [-0.3, -0.25) is 9.69 Å². The summed E-state index contributed by atoms with van der Waals surface area (Å²) in [5.41, 5.74) is 2.32. The van der Waals surface area contributed by atoms with Crippen LogP contribution in [0.4, 0.5) is 23.0 Å². The monoisotopic (exact) mass is 435 g/mol. The molecule has 1 aromatic heterocycles. The molecule has 0 bridgehead atoms. The summed E-state index contributed by atoms with van der Waals surface area (Å²) in [6.45, 7) is 2.96. The van der Waals surface area contributed by atoms with Crippen LogP contribution in [0.15, 0.2) is 24.3 Å². The van der Waals surface area contributed by atoms with E-state index in [0.717, 1.165) is 87.6 Å². The number of nitrogens with zero attached hydrogens (tertiary/aromatic N) is 4. The SMILES string of the molecule is O=C1N(c2ccc(N3CCOCC3)cc2)c2nc(CO)nc(NC3CC3)c2C12CCCC2. The topological polar surface area (TPSA) is 90.8 Å². The maximum atomic E-state index is 14.0. The van der Waals surface area contributed by atoms with E-state index in [1.165, 1.54) is 0 Å². The molecule has 6 rings (SSSR count). The molecule has 1 amide bonds. The molecule has 3 fully saturated rings. The number of amides is 1. The summed E-state index contributed by atoms with van der Waals surface area (Å²) in [7, 11) is 0. The van der Waals surface area contributed by atoms with Crippen molar-refractivity contribution in [2.45, 2.75) is 56.6 Å². The van der Waals surface area contributed by atoms with Gasteiger partial charge in [0.05, 0.1) is 29.9 Å². The molecule has 0 atom stereocenters. The number of carbonyl (C=O) groups excluding carboxylic acids is 1. The van der Waals surface area contributed by atoms with Gasteiger partial charge in [-0.15, -0.1) is 0 Å². The molecule has 0 radical (unpaired) electrons. The highest BCUT2D eigenvalue weighted by atomic mass is 16.5. The van der Waals surface area contributed by atoms with Gasteiger partial charge in [-0.1, -0.05) is 12.8 Å². The molecule has 2 aromatic rings. The number of carbonyl (C=O) groups is 1. The van der Waals surface area contributed by atoms with Crippen molar-refractivity contribution in [2.75, 3.05) is 41.4 Å². The van der Waals surface area contributed by atoms with E-state index in [2.05, 4.69) is 32.3 Å². The Labute approximate surface area is 187 Å². The van der Waals surface area contributed by atoms with E-state index in [1.807, 2.05) is 12.1 Å². The molecule has 8 heteroatoms. The Bertz CT molecular complexity index is 1020. The minimum Gasteiger partial charge on any atom is -0.388 e.